The molecule has 3 atom stereocenters. The number of rotatable bonds is 5. The summed E-state index contributed by atoms with van der Waals surface area (Å²) in [5.74, 6) is -0.100. The van der Waals surface area contributed by atoms with Crippen LogP contribution in [0.1, 0.15) is 43.6 Å². The predicted octanol–water partition coefficient (Wildman–Crippen LogP) is 1.69. The van der Waals surface area contributed by atoms with Crippen molar-refractivity contribution < 1.29 is 18.3 Å². The summed E-state index contributed by atoms with van der Waals surface area (Å²) < 4.78 is 26.4. The second-order valence-corrected chi connectivity index (χ2v) is 9.32. The Balaban J connectivity index is 1.91. The van der Waals surface area contributed by atoms with Crippen molar-refractivity contribution in [2.45, 2.75) is 50.6 Å². The molecule has 3 unspecified atom stereocenters. The summed E-state index contributed by atoms with van der Waals surface area (Å²) in [5, 5.41) is 9.15. The molecule has 2 aromatic rings. The SMILES string of the molecule is CNS(=O)(=O)C(C)C(=O)N1C(O)CCCC1c1ncc(-c2ccc(C)cc2)[nH]1. The lowest BCUT2D eigenvalue weighted by Crippen LogP contribution is -2.52. The van der Waals surface area contributed by atoms with E-state index in [4.69, 9.17) is 0 Å². The Morgan fingerprint density at radius 2 is 2.00 bits per heavy atom. The average molecular weight is 407 g/mol. The van der Waals surface area contributed by atoms with Gasteiger partial charge in [0.05, 0.1) is 17.9 Å². The predicted molar refractivity (Wildman–Crippen MR) is 106 cm³/mol. The molecule has 1 aliphatic heterocycles. The minimum absolute atomic E-state index is 0.403. The van der Waals surface area contributed by atoms with Crippen molar-refractivity contribution in [2.24, 2.45) is 0 Å². The van der Waals surface area contributed by atoms with E-state index in [1.165, 1.54) is 18.9 Å². The van der Waals surface area contributed by atoms with Crippen LogP contribution in [0, 0.1) is 6.92 Å². The number of nitrogens with zero attached hydrogens (tertiary/aromatic N) is 2. The van der Waals surface area contributed by atoms with E-state index < -0.39 is 33.5 Å². The minimum atomic E-state index is -3.80. The van der Waals surface area contributed by atoms with Gasteiger partial charge in [-0.05, 0) is 45.7 Å². The van der Waals surface area contributed by atoms with Crippen molar-refractivity contribution in [1.82, 2.24) is 19.6 Å². The number of aryl methyl sites for hydroxylation is 1. The highest BCUT2D eigenvalue weighted by Crippen LogP contribution is 2.34. The molecular weight excluding hydrogens is 380 g/mol. The number of aromatic nitrogens is 2. The zero-order chi connectivity index (χ0) is 20.5. The molecule has 0 saturated carbocycles. The molecule has 0 radical (unpaired) electrons. The molecule has 8 nitrogen and oxygen atoms in total. The zero-order valence-electron chi connectivity index (χ0n) is 16.2. The maximum Gasteiger partial charge on any atom is 0.244 e. The molecule has 3 rings (SSSR count). The summed E-state index contributed by atoms with van der Waals surface area (Å²) in [5.41, 5.74) is 2.92. The van der Waals surface area contributed by atoms with Gasteiger partial charge < -0.3 is 15.0 Å². The van der Waals surface area contributed by atoms with Gasteiger partial charge in [-0.15, -0.1) is 0 Å². The maximum absolute atomic E-state index is 12.9. The number of hydrogen-bond donors (Lipinski definition) is 3. The van der Waals surface area contributed by atoms with Crippen molar-refractivity contribution in [1.29, 1.82) is 0 Å². The normalized spacial score (nSPS) is 21.5. The Labute approximate surface area is 165 Å². The van der Waals surface area contributed by atoms with Gasteiger partial charge in [0.15, 0.2) is 5.25 Å². The summed E-state index contributed by atoms with van der Waals surface area (Å²) in [6, 6.07) is 7.45. The number of piperidine rings is 1. The topological polar surface area (TPSA) is 115 Å². The van der Waals surface area contributed by atoms with Crippen LogP contribution in [0.5, 0.6) is 0 Å². The van der Waals surface area contributed by atoms with Gasteiger partial charge in [-0.25, -0.2) is 18.1 Å². The molecule has 0 aliphatic carbocycles. The van der Waals surface area contributed by atoms with Crippen molar-refractivity contribution in [3.63, 3.8) is 0 Å². The van der Waals surface area contributed by atoms with Gasteiger partial charge in [-0.3, -0.25) is 4.79 Å². The fourth-order valence-corrected chi connectivity index (χ4v) is 4.19. The summed E-state index contributed by atoms with van der Waals surface area (Å²) >= 11 is 0. The van der Waals surface area contributed by atoms with Crippen molar-refractivity contribution in [3.05, 3.63) is 41.9 Å². The van der Waals surface area contributed by atoms with E-state index in [-0.39, 0.29) is 0 Å². The van der Waals surface area contributed by atoms with Crippen molar-refractivity contribution >= 4 is 15.9 Å². The Morgan fingerprint density at radius 3 is 2.64 bits per heavy atom. The Hall–Kier alpha value is -2.23. The number of likely N-dealkylation sites (tertiary alicyclic amines) is 1. The van der Waals surface area contributed by atoms with Crippen LogP contribution in [-0.2, 0) is 14.8 Å². The van der Waals surface area contributed by atoms with E-state index in [1.807, 2.05) is 31.2 Å². The first kappa shape index (κ1) is 20.5. The van der Waals surface area contributed by atoms with Crippen LogP contribution in [0.4, 0.5) is 0 Å². The number of benzene rings is 1. The first-order chi connectivity index (χ1) is 13.2. The molecule has 0 bridgehead atoms. The van der Waals surface area contributed by atoms with Crippen molar-refractivity contribution in [2.75, 3.05) is 7.05 Å². The third-order valence-electron chi connectivity index (χ3n) is 5.22. The number of nitrogens with one attached hydrogen (secondary N) is 2. The third-order valence-corrected chi connectivity index (χ3v) is 6.92. The summed E-state index contributed by atoms with van der Waals surface area (Å²) in [6.45, 7) is 3.34. The molecule has 1 aliphatic rings. The molecule has 2 heterocycles. The monoisotopic (exact) mass is 406 g/mol. The molecule has 1 saturated heterocycles. The number of sulfonamides is 1. The van der Waals surface area contributed by atoms with Crippen LogP contribution in [0.3, 0.4) is 0 Å². The number of hydrogen-bond acceptors (Lipinski definition) is 5. The quantitative estimate of drug-likeness (QED) is 0.699. The van der Waals surface area contributed by atoms with Gasteiger partial charge in [0.2, 0.25) is 15.9 Å². The van der Waals surface area contributed by atoms with E-state index in [9.17, 15) is 18.3 Å². The lowest BCUT2D eigenvalue weighted by molar-refractivity contribution is -0.150. The van der Waals surface area contributed by atoms with Gasteiger partial charge in [0.25, 0.3) is 0 Å². The number of imidazole rings is 1. The first-order valence-corrected chi connectivity index (χ1v) is 10.8. The Bertz CT molecular complexity index is 939. The molecule has 1 fully saturated rings. The summed E-state index contributed by atoms with van der Waals surface area (Å²) in [4.78, 5) is 21.8. The first-order valence-electron chi connectivity index (χ1n) is 9.29. The van der Waals surface area contributed by atoms with Crippen LogP contribution in [0.25, 0.3) is 11.3 Å². The van der Waals surface area contributed by atoms with Gasteiger partial charge >= 0.3 is 0 Å². The standard InChI is InChI=1S/C19H26N4O4S/c1-12-7-9-14(10-8-12)15-11-21-18(22-15)16-5-4-6-17(24)23(16)19(25)13(2)28(26,27)20-3/h7-11,13,16-17,20,24H,4-6H2,1-3H3,(H,21,22). The van der Waals surface area contributed by atoms with Crippen molar-refractivity contribution in [3.8, 4) is 11.3 Å². The fraction of sp³-hybridized carbons (Fsp3) is 0.474. The molecule has 152 valence electrons. The second kappa shape index (κ2) is 8.02. The largest absolute Gasteiger partial charge is 0.374 e. The van der Waals surface area contributed by atoms with Crippen LogP contribution in [0.2, 0.25) is 0 Å². The molecule has 28 heavy (non-hydrogen) atoms. The third kappa shape index (κ3) is 3.96. The molecule has 3 N–H and O–H groups in total. The highest BCUT2D eigenvalue weighted by molar-refractivity contribution is 7.90. The van der Waals surface area contributed by atoms with E-state index >= 15 is 0 Å². The molecule has 1 aromatic carbocycles. The number of carbonyl (C=O) groups excluding carboxylic acids is 1. The minimum Gasteiger partial charge on any atom is -0.374 e. The molecule has 1 amide bonds. The lowest BCUT2D eigenvalue weighted by Gasteiger charge is -2.39. The van der Waals surface area contributed by atoms with E-state index in [0.29, 0.717) is 25.1 Å². The second-order valence-electron chi connectivity index (χ2n) is 7.11. The number of aromatic amines is 1. The lowest BCUT2D eigenvalue weighted by atomic mass is 9.99. The molecule has 1 aromatic heterocycles. The summed E-state index contributed by atoms with van der Waals surface area (Å²) in [6.07, 6.45) is 2.35. The van der Waals surface area contributed by atoms with Crippen LogP contribution in [-0.4, -0.2) is 52.8 Å². The molecular formula is C19H26N4O4S. The molecule has 0 spiro atoms. The highest BCUT2D eigenvalue weighted by atomic mass is 32.2. The molecule has 9 heteroatoms. The number of aliphatic hydroxyl groups is 1. The number of H-pyrrole nitrogens is 1. The number of carbonyl (C=O) groups is 1. The van der Waals surface area contributed by atoms with Crippen LogP contribution >= 0.6 is 0 Å². The average Bonchev–Trinajstić information content (AvgIpc) is 3.17. The van der Waals surface area contributed by atoms with E-state index in [1.54, 1.807) is 6.20 Å². The van der Waals surface area contributed by atoms with Gasteiger partial charge in [0.1, 0.15) is 12.1 Å². The van der Waals surface area contributed by atoms with Crippen LogP contribution < -0.4 is 4.72 Å². The fourth-order valence-electron chi connectivity index (χ4n) is 3.45. The highest BCUT2D eigenvalue weighted by Gasteiger charge is 2.40. The van der Waals surface area contributed by atoms with Gasteiger partial charge in [-0.2, -0.15) is 0 Å². The Morgan fingerprint density at radius 1 is 1.32 bits per heavy atom. The van der Waals surface area contributed by atoms with E-state index in [0.717, 1.165) is 16.8 Å². The number of aliphatic hydroxyl groups excluding tert-OH is 1. The van der Waals surface area contributed by atoms with Crippen LogP contribution in [0.15, 0.2) is 30.5 Å². The zero-order valence-corrected chi connectivity index (χ0v) is 17.0. The van der Waals surface area contributed by atoms with Gasteiger partial charge in [0, 0.05) is 0 Å². The smallest absolute Gasteiger partial charge is 0.244 e. The Kier molecular flexibility index (Phi) is 5.87. The summed E-state index contributed by atoms with van der Waals surface area (Å²) in [7, 11) is -2.53. The van der Waals surface area contributed by atoms with E-state index in [2.05, 4.69) is 14.7 Å². The number of amides is 1. The van der Waals surface area contributed by atoms with Gasteiger partial charge in [-0.1, -0.05) is 29.8 Å². The maximum atomic E-state index is 12.9.